The van der Waals surface area contributed by atoms with Gasteiger partial charge in [0.15, 0.2) is 0 Å². The minimum Gasteiger partial charge on any atom is -0.371 e. The smallest absolute Gasteiger partial charge is 0.0425 e. The van der Waals surface area contributed by atoms with Gasteiger partial charge in [-0.1, -0.05) is 18.2 Å². The maximum atomic E-state index is 2.44. The third-order valence-corrected chi connectivity index (χ3v) is 2.89. The maximum absolute atomic E-state index is 2.44. The molecule has 0 heterocycles. The van der Waals surface area contributed by atoms with Gasteiger partial charge in [0.05, 0.1) is 0 Å². The number of rotatable bonds is 2. The van der Waals surface area contributed by atoms with E-state index in [2.05, 4.69) is 44.0 Å². The van der Waals surface area contributed by atoms with E-state index in [9.17, 15) is 0 Å². The van der Waals surface area contributed by atoms with Crippen LogP contribution in [0.5, 0.6) is 0 Å². The summed E-state index contributed by atoms with van der Waals surface area (Å²) in [5, 5.41) is 0. The van der Waals surface area contributed by atoms with Crippen LogP contribution in [0.2, 0.25) is 0 Å². The van der Waals surface area contributed by atoms with Crippen molar-refractivity contribution in [3.63, 3.8) is 0 Å². The van der Waals surface area contributed by atoms with Crippen LogP contribution in [0.15, 0.2) is 18.2 Å². The van der Waals surface area contributed by atoms with Crippen molar-refractivity contribution in [1.29, 1.82) is 0 Å². The Labute approximate surface area is 80.4 Å². The van der Waals surface area contributed by atoms with E-state index in [4.69, 9.17) is 0 Å². The van der Waals surface area contributed by atoms with Crippen molar-refractivity contribution in [2.45, 2.75) is 32.7 Å². The molecule has 2 rings (SSSR count). The lowest BCUT2D eigenvalue weighted by Crippen LogP contribution is -2.21. The summed E-state index contributed by atoms with van der Waals surface area (Å²) in [5.74, 6) is 0. The Kier molecular flexibility index (Phi) is 2.03. The fourth-order valence-electron chi connectivity index (χ4n) is 2.01. The fourth-order valence-corrected chi connectivity index (χ4v) is 2.01. The Balaban J connectivity index is 2.36. The number of benzene rings is 1. The van der Waals surface area contributed by atoms with E-state index >= 15 is 0 Å². The van der Waals surface area contributed by atoms with Crippen molar-refractivity contribution in [2.75, 3.05) is 11.9 Å². The van der Waals surface area contributed by atoms with Crippen LogP contribution in [-0.2, 0) is 0 Å². The number of hydrogen-bond acceptors (Lipinski definition) is 1. The second kappa shape index (κ2) is 3.06. The standard InChI is InChI=1S/C12H17N/c1-9-5-4-6-10(2)12(9)13(3)11-7-8-11/h4-6,11H,7-8H2,1-3H3. The van der Waals surface area contributed by atoms with Crippen LogP contribution in [0.1, 0.15) is 24.0 Å². The lowest BCUT2D eigenvalue weighted by Gasteiger charge is -2.23. The van der Waals surface area contributed by atoms with E-state index in [1.165, 1.54) is 29.7 Å². The highest BCUT2D eigenvalue weighted by atomic mass is 15.2. The predicted molar refractivity (Wildman–Crippen MR) is 57.3 cm³/mol. The third-order valence-electron chi connectivity index (χ3n) is 2.89. The van der Waals surface area contributed by atoms with Crippen molar-refractivity contribution in [2.24, 2.45) is 0 Å². The summed E-state index contributed by atoms with van der Waals surface area (Å²) in [6.07, 6.45) is 2.73. The Morgan fingerprint density at radius 3 is 2.15 bits per heavy atom. The third kappa shape index (κ3) is 1.55. The monoisotopic (exact) mass is 175 g/mol. The lowest BCUT2D eigenvalue weighted by molar-refractivity contribution is 0.905. The molecule has 0 spiro atoms. The van der Waals surface area contributed by atoms with Crippen LogP contribution in [-0.4, -0.2) is 13.1 Å². The highest BCUT2D eigenvalue weighted by Gasteiger charge is 2.27. The lowest BCUT2D eigenvalue weighted by atomic mass is 10.1. The molecule has 0 amide bonds. The molecule has 0 unspecified atom stereocenters. The van der Waals surface area contributed by atoms with Gasteiger partial charge in [-0.2, -0.15) is 0 Å². The average molecular weight is 175 g/mol. The highest BCUT2D eigenvalue weighted by molar-refractivity contribution is 5.59. The zero-order chi connectivity index (χ0) is 9.42. The number of hydrogen-bond donors (Lipinski definition) is 0. The zero-order valence-electron chi connectivity index (χ0n) is 8.67. The molecule has 1 aromatic rings. The Morgan fingerprint density at radius 1 is 1.15 bits per heavy atom. The number of anilines is 1. The van der Waals surface area contributed by atoms with Crippen molar-refractivity contribution in [3.8, 4) is 0 Å². The molecule has 0 saturated heterocycles. The summed E-state index contributed by atoms with van der Waals surface area (Å²) in [7, 11) is 2.22. The van der Waals surface area contributed by atoms with Gasteiger partial charge in [-0.05, 0) is 37.8 Å². The van der Waals surface area contributed by atoms with E-state index in [1.54, 1.807) is 0 Å². The Morgan fingerprint density at radius 2 is 1.69 bits per heavy atom. The Bertz CT molecular complexity index is 293. The molecule has 0 bridgehead atoms. The molecule has 1 nitrogen and oxygen atoms in total. The summed E-state index contributed by atoms with van der Waals surface area (Å²) >= 11 is 0. The highest BCUT2D eigenvalue weighted by Crippen LogP contribution is 2.33. The second-order valence-corrected chi connectivity index (χ2v) is 4.08. The minimum absolute atomic E-state index is 0.805. The molecule has 0 radical (unpaired) electrons. The van der Waals surface area contributed by atoms with Crippen LogP contribution in [0.4, 0.5) is 5.69 Å². The van der Waals surface area contributed by atoms with Gasteiger partial charge < -0.3 is 4.90 Å². The van der Waals surface area contributed by atoms with Gasteiger partial charge in [0.1, 0.15) is 0 Å². The van der Waals surface area contributed by atoms with Crippen LogP contribution in [0.25, 0.3) is 0 Å². The summed E-state index contributed by atoms with van der Waals surface area (Å²) in [5.41, 5.74) is 4.23. The van der Waals surface area contributed by atoms with E-state index in [0.717, 1.165) is 6.04 Å². The van der Waals surface area contributed by atoms with Gasteiger partial charge in [-0.3, -0.25) is 0 Å². The number of aryl methyl sites for hydroxylation is 2. The molecule has 1 saturated carbocycles. The van der Waals surface area contributed by atoms with Crippen molar-refractivity contribution < 1.29 is 0 Å². The van der Waals surface area contributed by atoms with Crippen molar-refractivity contribution in [1.82, 2.24) is 0 Å². The Hall–Kier alpha value is -0.980. The van der Waals surface area contributed by atoms with Gasteiger partial charge in [0.25, 0.3) is 0 Å². The van der Waals surface area contributed by atoms with Gasteiger partial charge in [0.2, 0.25) is 0 Å². The van der Waals surface area contributed by atoms with E-state index in [0.29, 0.717) is 0 Å². The van der Waals surface area contributed by atoms with Crippen LogP contribution >= 0.6 is 0 Å². The van der Waals surface area contributed by atoms with Crippen LogP contribution < -0.4 is 4.90 Å². The van der Waals surface area contributed by atoms with Crippen molar-refractivity contribution >= 4 is 5.69 Å². The fraction of sp³-hybridized carbons (Fsp3) is 0.500. The topological polar surface area (TPSA) is 3.24 Å². The van der Waals surface area contributed by atoms with Crippen LogP contribution in [0, 0.1) is 13.8 Å². The van der Waals surface area contributed by atoms with Gasteiger partial charge in [0, 0.05) is 18.8 Å². The molecule has 1 aliphatic rings. The average Bonchev–Trinajstić information content (AvgIpc) is 2.85. The molecule has 1 aromatic carbocycles. The molecule has 70 valence electrons. The van der Waals surface area contributed by atoms with E-state index in [1.807, 2.05) is 0 Å². The van der Waals surface area contributed by atoms with Crippen LogP contribution in [0.3, 0.4) is 0 Å². The molecule has 1 fully saturated rings. The summed E-state index contributed by atoms with van der Waals surface area (Å²) < 4.78 is 0. The first-order chi connectivity index (χ1) is 6.20. The maximum Gasteiger partial charge on any atom is 0.0425 e. The first-order valence-electron chi connectivity index (χ1n) is 4.99. The van der Waals surface area contributed by atoms with Gasteiger partial charge in [-0.25, -0.2) is 0 Å². The molecular formula is C12H17N. The molecule has 0 N–H and O–H groups in total. The van der Waals surface area contributed by atoms with E-state index in [-0.39, 0.29) is 0 Å². The zero-order valence-corrected chi connectivity index (χ0v) is 8.67. The number of para-hydroxylation sites is 1. The molecular weight excluding hydrogens is 158 g/mol. The molecule has 1 heteroatoms. The SMILES string of the molecule is Cc1cccc(C)c1N(C)C1CC1. The van der Waals surface area contributed by atoms with E-state index < -0.39 is 0 Å². The molecule has 1 aliphatic carbocycles. The second-order valence-electron chi connectivity index (χ2n) is 4.08. The first kappa shape index (κ1) is 8.61. The number of nitrogens with zero attached hydrogens (tertiary/aromatic N) is 1. The first-order valence-corrected chi connectivity index (χ1v) is 4.99. The summed E-state index contributed by atoms with van der Waals surface area (Å²) in [6.45, 7) is 4.39. The van der Waals surface area contributed by atoms with Gasteiger partial charge in [-0.15, -0.1) is 0 Å². The predicted octanol–water partition coefficient (Wildman–Crippen LogP) is 2.90. The summed E-state index contributed by atoms with van der Waals surface area (Å²) in [6, 6.07) is 7.33. The quantitative estimate of drug-likeness (QED) is 0.668. The van der Waals surface area contributed by atoms with Gasteiger partial charge >= 0.3 is 0 Å². The molecule has 13 heavy (non-hydrogen) atoms. The molecule has 0 aliphatic heterocycles. The molecule has 0 aromatic heterocycles. The minimum atomic E-state index is 0.805. The summed E-state index contributed by atoms with van der Waals surface area (Å²) in [4.78, 5) is 2.44. The van der Waals surface area contributed by atoms with Crippen molar-refractivity contribution in [3.05, 3.63) is 29.3 Å². The largest absolute Gasteiger partial charge is 0.371 e. The normalized spacial score (nSPS) is 15.9. The molecule has 0 atom stereocenters.